The van der Waals surface area contributed by atoms with E-state index in [1.165, 1.54) is 11.1 Å². The lowest BCUT2D eigenvalue weighted by Gasteiger charge is -2.40. The minimum atomic E-state index is -0.155. The van der Waals surface area contributed by atoms with Crippen LogP contribution >= 0.6 is 0 Å². The van der Waals surface area contributed by atoms with E-state index in [9.17, 15) is 9.59 Å². The smallest absolute Gasteiger partial charge is 0.258 e. The molecule has 1 aliphatic heterocycles. The molecule has 1 aliphatic rings. The summed E-state index contributed by atoms with van der Waals surface area (Å²) < 4.78 is 0. The zero-order chi connectivity index (χ0) is 24.9. The summed E-state index contributed by atoms with van der Waals surface area (Å²) in [5.74, 6) is 0.656. The van der Waals surface area contributed by atoms with Crippen molar-refractivity contribution >= 4 is 16.8 Å². The van der Waals surface area contributed by atoms with Crippen molar-refractivity contribution in [1.82, 2.24) is 24.7 Å². The van der Waals surface area contributed by atoms with Crippen LogP contribution in [0.1, 0.15) is 23.0 Å². The van der Waals surface area contributed by atoms with Gasteiger partial charge in [0.15, 0.2) is 0 Å². The lowest BCUT2D eigenvalue weighted by molar-refractivity contribution is -0.134. The van der Waals surface area contributed by atoms with Crippen molar-refractivity contribution in [3.63, 3.8) is 0 Å². The SMILES string of the molecule is CN(CC(=O)N1CCN(C(c2ccccc2)c2ccccc2)CC1)Cc1nc2ccccc2c(=O)[nH]1. The summed E-state index contributed by atoms with van der Waals surface area (Å²) in [7, 11) is 1.88. The molecule has 36 heavy (non-hydrogen) atoms. The van der Waals surface area contributed by atoms with Crippen molar-refractivity contribution < 1.29 is 4.79 Å². The van der Waals surface area contributed by atoms with Crippen molar-refractivity contribution in [1.29, 1.82) is 0 Å². The fourth-order valence-electron chi connectivity index (χ4n) is 4.97. The number of amides is 1. The number of carbonyl (C=O) groups excluding carboxylic acids is 1. The fraction of sp³-hybridized carbons (Fsp3) is 0.276. The molecule has 0 atom stereocenters. The number of hydrogen-bond acceptors (Lipinski definition) is 5. The largest absolute Gasteiger partial charge is 0.339 e. The van der Waals surface area contributed by atoms with Gasteiger partial charge in [0.05, 0.1) is 30.0 Å². The third-order valence-electron chi connectivity index (χ3n) is 6.75. The van der Waals surface area contributed by atoms with E-state index in [1.54, 1.807) is 6.07 Å². The van der Waals surface area contributed by atoms with Gasteiger partial charge in [-0.25, -0.2) is 4.98 Å². The number of nitrogens with zero attached hydrogens (tertiary/aromatic N) is 4. The number of nitrogens with one attached hydrogen (secondary N) is 1. The highest BCUT2D eigenvalue weighted by atomic mass is 16.2. The molecule has 0 radical (unpaired) electrons. The molecule has 1 fully saturated rings. The topological polar surface area (TPSA) is 72.5 Å². The summed E-state index contributed by atoms with van der Waals surface area (Å²) in [6.07, 6.45) is 0. The second-order valence-corrected chi connectivity index (χ2v) is 9.34. The van der Waals surface area contributed by atoms with Crippen LogP contribution in [0.25, 0.3) is 10.9 Å². The molecule has 0 unspecified atom stereocenters. The first-order chi connectivity index (χ1) is 17.6. The van der Waals surface area contributed by atoms with E-state index in [0.717, 1.165) is 13.1 Å². The summed E-state index contributed by atoms with van der Waals surface area (Å²) in [5.41, 5.74) is 3.04. The Bertz CT molecular complexity index is 1330. The Kier molecular flexibility index (Phi) is 7.21. The highest BCUT2D eigenvalue weighted by Crippen LogP contribution is 2.29. The zero-order valence-electron chi connectivity index (χ0n) is 20.5. The van der Waals surface area contributed by atoms with Gasteiger partial charge < -0.3 is 9.88 Å². The summed E-state index contributed by atoms with van der Waals surface area (Å²) in [6.45, 7) is 3.67. The van der Waals surface area contributed by atoms with E-state index in [0.29, 0.717) is 36.4 Å². The number of piperazine rings is 1. The molecule has 5 rings (SSSR count). The molecule has 3 aromatic carbocycles. The average molecular weight is 482 g/mol. The molecule has 7 heteroatoms. The average Bonchev–Trinajstić information content (AvgIpc) is 2.90. The Labute approximate surface area is 211 Å². The third kappa shape index (κ3) is 5.37. The Balaban J connectivity index is 1.20. The number of H-pyrrole nitrogens is 1. The van der Waals surface area contributed by atoms with Crippen LogP contribution in [-0.4, -0.2) is 70.3 Å². The molecule has 0 spiro atoms. The number of fused-ring (bicyclic) bond motifs is 1. The molecule has 1 aromatic heterocycles. The molecule has 2 heterocycles. The third-order valence-corrected chi connectivity index (χ3v) is 6.75. The standard InChI is InChI=1S/C29H31N5O2/c1-32(20-26-30-25-15-9-8-14-24(25)29(36)31-26)21-27(35)33-16-18-34(19-17-33)28(22-10-4-2-5-11-22)23-12-6-3-7-13-23/h2-15,28H,16-21H2,1H3,(H,30,31,36). The molecule has 0 bridgehead atoms. The molecule has 7 nitrogen and oxygen atoms in total. The van der Waals surface area contributed by atoms with Gasteiger partial charge >= 0.3 is 0 Å². The zero-order valence-corrected chi connectivity index (χ0v) is 20.5. The van der Waals surface area contributed by atoms with Crippen molar-refractivity contribution in [2.24, 2.45) is 0 Å². The second kappa shape index (κ2) is 10.8. The molecular weight excluding hydrogens is 450 g/mol. The number of likely N-dealkylation sites (N-methyl/N-ethyl adjacent to an activating group) is 1. The van der Waals surface area contributed by atoms with Crippen LogP contribution in [0.2, 0.25) is 0 Å². The van der Waals surface area contributed by atoms with E-state index in [1.807, 2.05) is 47.2 Å². The van der Waals surface area contributed by atoms with E-state index >= 15 is 0 Å². The van der Waals surface area contributed by atoms with E-state index < -0.39 is 0 Å². The van der Waals surface area contributed by atoms with Crippen LogP contribution in [-0.2, 0) is 11.3 Å². The van der Waals surface area contributed by atoms with Gasteiger partial charge in [0, 0.05) is 26.2 Å². The lowest BCUT2D eigenvalue weighted by atomic mass is 9.96. The highest BCUT2D eigenvalue weighted by molar-refractivity contribution is 5.78. The maximum absolute atomic E-state index is 13.1. The summed E-state index contributed by atoms with van der Waals surface area (Å²) >= 11 is 0. The first-order valence-corrected chi connectivity index (χ1v) is 12.4. The second-order valence-electron chi connectivity index (χ2n) is 9.34. The Morgan fingerprint density at radius 2 is 1.47 bits per heavy atom. The monoisotopic (exact) mass is 481 g/mol. The van der Waals surface area contributed by atoms with Crippen LogP contribution in [0.4, 0.5) is 0 Å². The highest BCUT2D eigenvalue weighted by Gasteiger charge is 2.28. The van der Waals surface area contributed by atoms with Gasteiger partial charge in [0.2, 0.25) is 5.91 Å². The van der Waals surface area contributed by atoms with E-state index in [4.69, 9.17) is 0 Å². The van der Waals surface area contributed by atoms with Gasteiger partial charge in [-0.1, -0.05) is 72.8 Å². The minimum absolute atomic E-state index is 0.0938. The first kappa shape index (κ1) is 23.9. The molecule has 0 saturated carbocycles. The van der Waals surface area contributed by atoms with Gasteiger partial charge in [0.25, 0.3) is 5.56 Å². The number of para-hydroxylation sites is 1. The number of rotatable bonds is 7. The number of aromatic nitrogens is 2. The summed E-state index contributed by atoms with van der Waals surface area (Å²) in [4.78, 5) is 39.1. The van der Waals surface area contributed by atoms with Gasteiger partial charge in [-0.2, -0.15) is 0 Å². The van der Waals surface area contributed by atoms with Gasteiger partial charge in [0.1, 0.15) is 5.82 Å². The molecule has 1 N–H and O–H groups in total. The van der Waals surface area contributed by atoms with Crippen LogP contribution in [0.15, 0.2) is 89.7 Å². The fourth-order valence-corrected chi connectivity index (χ4v) is 4.97. The number of hydrogen-bond donors (Lipinski definition) is 1. The Morgan fingerprint density at radius 3 is 2.11 bits per heavy atom. The predicted molar refractivity (Wildman–Crippen MR) is 142 cm³/mol. The number of carbonyl (C=O) groups is 1. The van der Waals surface area contributed by atoms with Crippen molar-refractivity contribution in [2.75, 3.05) is 39.8 Å². The van der Waals surface area contributed by atoms with Crippen molar-refractivity contribution in [2.45, 2.75) is 12.6 Å². The summed E-state index contributed by atoms with van der Waals surface area (Å²) in [6, 6.07) is 28.6. The van der Waals surface area contributed by atoms with Crippen LogP contribution in [0.5, 0.6) is 0 Å². The van der Waals surface area contributed by atoms with E-state index in [-0.39, 0.29) is 24.1 Å². The number of aromatic amines is 1. The Hall–Kier alpha value is -3.81. The van der Waals surface area contributed by atoms with Gasteiger partial charge in [-0.3, -0.25) is 19.4 Å². The van der Waals surface area contributed by atoms with Crippen LogP contribution in [0.3, 0.4) is 0 Å². The molecule has 1 amide bonds. The van der Waals surface area contributed by atoms with Gasteiger partial charge in [-0.05, 0) is 30.3 Å². The van der Waals surface area contributed by atoms with Crippen molar-refractivity contribution in [3.8, 4) is 0 Å². The Morgan fingerprint density at radius 1 is 0.889 bits per heavy atom. The quantitative estimate of drug-likeness (QED) is 0.439. The molecule has 184 valence electrons. The number of benzene rings is 3. The minimum Gasteiger partial charge on any atom is -0.339 e. The van der Waals surface area contributed by atoms with Crippen LogP contribution in [0, 0.1) is 0 Å². The van der Waals surface area contributed by atoms with Crippen LogP contribution < -0.4 is 5.56 Å². The lowest BCUT2D eigenvalue weighted by Crippen LogP contribution is -2.51. The summed E-state index contributed by atoms with van der Waals surface area (Å²) in [5, 5.41) is 0.571. The molecule has 4 aromatic rings. The predicted octanol–water partition coefficient (Wildman–Crippen LogP) is 3.29. The maximum atomic E-state index is 13.1. The van der Waals surface area contributed by atoms with Gasteiger partial charge in [-0.15, -0.1) is 0 Å². The molecular formula is C29H31N5O2. The molecule has 1 saturated heterocycles. The maximum Gasteiger partial charge on any atom is 0.258 e. The molecule has 0 aliphatic carbocycles. The van der Waals surface area contributed by atoms with Crippen molar-refractivity contribution in [3.05, 3.63) is 112 Å². The first-order valence-electron chi connectivity index (χ1n) is 12.4. The van der Waals surface area contributed by atoms with E-state index in [2.05, 4.69) is 63.4 Å². The normalized spacial score (nSPS) is 14.6.